The van der Waals surface area contributed by atoms with Gasteiger partial charge in [-0.3, -0.25) is 9.59 Å². The van der Waals surface area contributed by atoms with E-state index in [1.54, 1.807) is 54.7 Å². The van der Waals surface area contributed by atoms with E-state index in [0.717, 1.165) is 30.6 Å². The Kier molecular flexibility index (Phi) is 7.13. The fourth-order valence-corrected chi connectivity index (χ4v) is 5.56. The highest BCUT2D eigenvalue weighted by atomic mass is 32.1. The van der Waals surface area contributed by atoms with Gasteiger partial charge in [-0.2, -0.15) is 0 Å². The number of carbonyl (C=O) groups excluding carboxylic acids is 2. The number of methoxy groups -OCH3 is 2. The Hall–Kier alpha value is -3.52. The summed E-state index contributed by atoms with van der Waals surface area (Å²) >= 11 is 1.72. The summed E-state index contributed by atoms with van der Waals surface area (Å²) in [5, 5.41) is 2.07. The molecule has 2 aliphatic rings. The molecular formula is C28H30N2O5S. The smallest absolute Gasteiger partial charge is 0.254 e. The lowest BCUT2D eigenvalue weighted by Gasteiger charge is -2.37. The van der Waals surface area contributed by atoms with E-state index in [0.29, 0.717) is 30.2 Å². The molecule has 0 spiro atoms. The molecule has 188 valence electrons. The van der Waals surface area contributed by atoms with Crippen LogP contribution in [0.15, 0.2) is 60.0 Å². The van der Waals surface area contributed by atoms with Crippen LogP contribution in [0.3, 0.4) is 0 Å². The van der Waals surface area contributed by atoms with Crippen molar-refractivity contribution in [3.8, 4) is 17.2 Å². The van der Waals surface area contributed by atoms with Crippen molar-refractivity contribution in [3.05, 3.63) is 76.0 Å². The Morgan fingerprint density at radius 2 is 1.75 bits per heavy atom. The van der Waals surface area contributed by atoms with Crippen molar-refractivity contribution in [2.24, 2.45) is 0 Å². The number of carbonyl (C=O) groups is 2. The minimum absolute atomic E-state index is 0.0557. The molecule has 1 atom stereocenters. The van der Waals surface area contributed by atoms with Crippen molar-refractivity contribution >= 4 is 23.2 Å². The minimum Gasteiger partial charge on any atom is -0.497 e. The van der Waals surface area contributed by atoms with Crippen LogP contribution in [0.4, 0.5) is 0 Å². The fraction of sp³-hybridized carbons (Fsp3) is 0.357. The van der Waals surface area contributed by atoms with Crippen molar-refractivity contribution in [2.45, 2.75) is 31.3 Å². The largest absolute Gasteiger partial charge is 0.497 e. The van der Waals surface area contributed by atoms with Gasteiger partial charge in [-0.15, -0.1) is 11.3 Å². The summed E-state index contributed by atoms with van der Waals surface area (Å²) in [7, 11) is 3.22. The summed E-state index contributed by atoms with van der Waals surface area (Å²) in [4.78, 5) is 31.9. The fourth-order valence-electron chi connectivity index (χ4n) is 4.63. The standard InChI is InChI=1S/C28H30N2O5S/c1-33-21-10-6-19(7-11-21)28(32)30(20-8-9-20)17-27(31)29-14-12-26-24(13-15-36-26)25(29)18-35-23-5-3-4-22(16-23)34-2/h3-7,10-11,13,15-16,20,25H,8-9,12,14,17-18H2,1-2H3. The SMILES string of the molecule is COc1ccc(C(=O)N(CC(=O)N2CCc3sccc3C2COc2cccc(OC)c2)C2CC2)cc1. The molecular weight excluding hydrogens is 476 g/mol. The van der Waals surface area contributed by atoms with E-state index in [9.17, 15) is 9.59 Å². The average molecular weight is 507 g/mol. The second-order valence-electron chi connectivity index (χ2n) is 9.03. The molecule has 2 heterocycles. The first-order chi connectivity index (χ1) is 17.6. The summed E-state index contributed by atoms with van der Waals surface area (Å²) in [5.74, 6) is 1.93. The number of amides is 2. The van der Waals surface area contributed by atoms with Gasteiger partial charge in [0.15, 0.2) is 0 Å². The van der Waals surface area contributed by atoms with Gasteiger partial charge in [-0.05, 0) is 72.7 Å². The number of fused-ring (bicyclic) bond motifs is 1. The second kappa shape index (κ2) is 10.6. The minimum atomic E-state index is -0.212. The highest BCUT2D eigenvalue weighted by Gasteiger charge is 2.38. The first-order valence-corrected chi connectivity index (χ1v) is 13.0. The van der Waals surface area contributed by atoms with Crippen LogP contribution in [0.25, 0.3) is 0 Å². The van der Waals surface area contributed by atoms with Gasteiger partial charge < -0.3 is 24.0 Å². The van der Waals surface area contributed by atoms with E-state index in [-0.39, 0.29) is 30.4 Å². The monoisotopic (exact) mass is 506 g/mol. The third kappa shape index (κ3) is 5.18. The first-order valence-electron chi connectivity index (χ1n) is 12.1. The number of hydrogen-bond acceptors (Lipinski definition) is 6. The van der Waals surface area contributed by atoms with Crippen molar-refractivity contribution < 1.29 is 23.8 Å². The van der Waals surface area contributed by atoms with Gasteiger partial charge >= 0.3 is 0 Å². The lowest BCUT2D eigenvalue weighted by molar-refractivity contribution is -0.135. The molecule has 1 aliphatic heterocycles. The topological polar surface area (TPSA) is 68.3 Å². The predicted molar refractivity (Wildman–Crippen MR) is 138 cm³/mol. The van der Waals surface area contributed by atoms with E-state index < -0.39 is 0 Å². The molecule has 8 heteroatoms. The zero-order valence-corrected chi connectivity index (χ0v) is 21.3. The highest BCUT2D eigenvalue weighted by Crippen LogP contribution is 2.35. The zero-order chi connectivity index (χ0) is 25.1. The van der Waals surface area contributed by atoms with Crippen LogP contribution in [0.1, 0.15) is 39.7 Å². The van der Waals surface area contributed by atoms with Crippen LogP contribution in [-0.4, -0.2) is 61.6 Å². The van der Waals surface area contributed by atoms with Crippen LogP contribution in [0, 0.1) is 0 Å². The Morgan fingerprint density at radius 3 is 2.47 bits per heavy atom. The molecule has 7 nitrogen and oxygen atoms in total. The van der Waals surface area contributed by atoms with Gasteiger partial charge in [0.25, 0.3) is 5.91 Å². The Bertz CT molecular complexity index is 1220. The number of nitrogens with zero attached hydrogens (tertiary/aromatic N) is 2. The molecule has 36 heavy (non-hydrogen) atoms. The maximum atomic E-state index is 13.7. The number of hydrogen-bond donors (Lipinski definition) is 0. The average Bonchev–Trinajstić information content (AvgIpc) is 3.65. The lowest BCUT2D eigenvalue weighted by atomic mass is 10.0. The van der Waals surface area contributed by atoms with Crippen LogP contribution in [0.5, 0.6) is 17.2 Å². The number of benzene rings is 2. The molecule has 0 N–H and O–H groups in total. The summed E-state index contributed by atoms with van der Waals surface area (Å²) in [6.45, 7) is 0.997. The molecule has 0 saturated heterocycles. The third-order valence-electron chi connectivity index (χ3n) is 6.76. The number of ether oxygens (including phenoxy) is 3. The predicted octanol–water partition coefficient (Wildman–Crippen LogP) is 4.57. The van der Waals surface area contributed by atoms with Gasteiger partial charge in [0.05, 0.1) is 20.3 Å². The Balaban J connectivity index is 1.33. The highest BCUT2D eigenvalue weighted by molar-refractivity contribution is 7.10. The first kappa shape index (κ1) is 24.2. The molecule has 1 aliphatic carbocycles. The van der Waals surface area contributed by atoms with Crippen molar-refractivity contribution in [1.82, 2.24) is 9.80 Å². The normalized spacial score (nSPS) is 16.7. The zero-order valence-electron chi connectivity index (χ0n) is 20.5. The van der Waals surface area contributed by atoms with Crippen molar-refractivity contribution in [2.75, 3.05) is 33.9 Å². The van der Waals surface area contributed by atoms with Crippen LogP contribution >= 0.6 is 11.3 Å². The van der Waals surface area contributed by atoms with E-state index in [1.165, 1.54) is 4.88 Å². The molecule has 2 aromatic carbocycles. The van der Waals surface area contributed by atoms with E-state index in [4.69, 9.17) is 14.2 Å². The molecule has 1 saturated carbocycles. The second-order valence-corrected chi connectivity index (χ2v) is 10.0. The van der Waals surface area contributed by atoms with Crippen molar-refractivity contribution in [1.29, 1.82) is 0 Å². The van der Waals surface area contributed by atoms with Gasteiger partial charge in [0, 0.05) is 29.1 Å². The summed E-state index contributed by atoms with van der Waals surface area (Å²) in [6, 6.07) is 16.5. The van der Waals surface area contributed by atoms with E-state index >= 15 is 0 Å². The maximum absolute atomic E-state index is 13.7. The quantitative estimate of drug-likeness (QED) is 0.425. The molecule has 0 bridgehead atoms. The van der Waals surface area contributed by atoms with Gasteiger partial charge in [0.1, 0.15) is 30.4 Å². The number of thiophene rings is 1. The summed E-state index contributed by atoms with van der Waals surface area (Å²) in [5.41, 5.74) is 1.69. The van der Waals surface area contributed by atoms with E-state index in [2.05, 4.69) is 11.4 Å². The Labute approximate surface area is 215 Å². The lowest BCUT2D eigenvalue weighted by Crippen LogP contribution is -2.48. The summed E-state index contributed by atoms with van der Waals surface area (Å²) < 4.78 is 16.7. The van der Waals surface area contributed by atoms with Gasteiger partial charge in [0.2, 0.25) is 5.91 Å². The Morgan fingerprint density at radius 1 is 1.00 bits per heavy atom. The molecule has 3 aromatic rings. The van der Waals surface area contributed by atoms with Gasteiger partial charge in [-0.1, -0.05) is 6.07 Å². The van der Waals surface area contributed by atoms with E-state index in [1.807, 2.05) is 29.2 Å². The summed E-state index contributed by atoms with van der Waals surface area (Å²) in [6.07, 6.45) is 2.66. The molecule has 1 fully saturated rings. The molecule has 5 rings (SSSR count). The van der Waals surface area contributed by atoms with Crippen LogP contribution in [-0.2, 0) is 11.2 Å². The van der Waals surface area contributed by atoms with Crippen LogP contribution in [0.2, 0.25) is 0 Å². The number of rotatable bonds is 9. The third-order valence-corrected chi connectivity index (χ3v) is 7.75. The maximum Gasteiger partial charge on any atom is 0.254 e. The van der Waals surface area contributed by atoms with Crippen LogP contribution < -0.4 is 14.2 Å². The van der Waals surface area contributed by atoms with Gasteiger partial charge in [-0.25, -0.2) is 0 Å². The molecule has 1 aromatic heterocycles. The molecule has 1 unspecified atom stereocenters. The molecule has 2 amide bonds. The van der Waals surface area contributed by atoms with Crippen molar-refractivity contribution in [3.63, 3.8) is 0 Å². The molecule has 0 radical (unpaired) electrons.